The van der Waals surface area contributed by atoms with Gasteiger partial charge in [-0.25, -0.2) is 9.18 Å². The number of amides is 4. The van der Waals surface area contributed by atoms with Crippen LogP contribution in [-0.2, 0) is 15.3 Å². The fourth-order valence-electron chi connectivity index (χ4n) is 3.31. The number of halogens is 1. The zero-order valence-electron chi connectivity index (χ0n) is 14.6. The standard InChI is InChI=1S/C18H22FN3O3S/c1-12-6-8-18(9-7-12)16(24)22(17(25)20-18)21-15(23)11-26-10-13-2-4-14(19)5-3-13/h2-5,12H,6-11H2,1H3,(H,20,25)(H,21,23). The number of urea groups is 1. The van der Waals surface area contributed by atoms with Gasteiger partial charge < -0.3 is 5.32 Å². The van der Waals surface area contributed by atoms with E-state index >= 15 is 0 Å². The Morgan fingerprint density at radius 1 is 1.31 bits per heavy atom. The second kappa shape index (κ2) is 7.65. The number of nitrogens with one attached hydrogen (secondary N) is 2. The van der Waals surface area contributed by atoms with Crippen molar-refractivity contribution in [2.24, 2.45) is 5.92 Å². The third-order valence-electron chi connectivity index (χ3n) is 4.94. The summed E-state index contributed by atoms with van der Waals surface area (Å²) in [6, 6.07) is 5.49. The van der Waals surface area contributed by atoms with Gasteiger partial charge in [0.2, 0.25) is 5.91 Å². The van der Waals surface area contributed by atoms with Crippen LogP contribution in [0.3, 0.4) is 0 Å². The van der Waals surface area contributed by atoms with Gasteiger partial charge in [0.1, 0.15) is 11.4 Å². The lowest BCUT2D eigenvalue weighted by atomic mass is 9.77. The van der Waals surface area contributed by atoms with E-state index < -0.39 is 17.5 Å². The van der Waals surface area contributed by atoms with Crippen LogP contribution in [0.15, 0.2) is 24.3 Å². The molecule has 1 aromatic rings. The van der Waals surface area contributed by atoms with E-state index in [0.29, 0.717) is 24.5 Å². The Labute approximate surface area is 155 Å². The van der Waals surface area contributed by atoms with E-state index in [9.17, 15) is 18.8 Å². The molecule has 3 rings (SSSR count). The first-order chi connectivity index (χ1) is 12.4. The quantitative estimate of drug-likeness (QED) is 0.771. The summed E-state index contributed by atoms with van der Waals surface area (Å²) < 4.78 is 12.9. The van der Waals surface area contributed by atoms with Gasteiger partial charge in [-0.15, -0.1) is 11.8 Å². The van der Waals surface area contributed by atoms with Crippen molar-refractivity contribution in [3.63, 3.8) is 0 Å². The number of carbonyl (C=O) groups is 3. The minimum absolute atomic E-state index is 0.0957. The van der Waals surface area contributed by atoms with Gasteiger partial charge in [0.05, 0.1) is 5.75 Å². The molecular weight excluding hydrogens is 357 g/mol. The molecule has 2 fully saturated rings. The first-order valence-corrected chi connectivity index (χ1v) is 9.83. The lowest BCUT2D eigenvalue weighted by Gasteiger charge is -2.33. The van der Waals surface area contributed by atoms with E-state index in [-0.39, 0.29) is 17.5 Å². The van der Waals surface area contributed by atoms with Crippen molar-refractivity contribution in [1.82, 2.24) is 15.8 Å². The molecule has 8 heteroatoms. The third-order valence-corrected chi connectivity index (χ3v) is 5.95. The summed E-state index contributed by atoms with van der Waals surface area (Å²) in [7, 11) is 0. The molecule has 0 radical (unpaired) electrons. The highest BCUT2D eigenvalue weighted by atomic mass is 32.2. The monoisotopic (exact) mass is 379 g/mol. The minimum Gasteiger partial charge on any atom is -0.322 e. The number of carbonyl (C=O) groups excluding carboxylic acids is 3. The number of thioether (sulfide) groups is 1. The molecule has 4 amide bonds. The molecule has 140 valence electrons. The highest BCUT2D eigenvalue weighted by Crippen LogP contribution is 2.35. The zero-order chi connectivity index (χ0) is 18.7. The molecule has 1 saturated heterocycles. The molecule has 1 aliphatic carbocycles. The number of hydrazine groups is 1. The van der Waals surface area contributed by atoms with Gasteiger partial charge in [-0.05, 0) is 49.3 Å². The van der Waals surface area contributed by atoms with Crippen LogP contribution in [0.25, 0.3) is 0 Å². The van der Waals surface area contributed by atoms with Crippen LogP contribution >= 0.6 is 11.8 Å². The number of hydrogen-bond acceptors (Lipinski definition) is 4. The number of imide groups is 1. The van der Waals surface area contributed by atoms with Crippen molar-refractivity contribution >= 4 is 29.6 Å². The molecule has 0 aromatic heterocycles. The van der Waals surface area contributed by atoms with E-state index in [1.807, 2.05) is 0 Å². The van der Waals surface area contributed by atoms with Gasteiger partial charge in [-0.2, -0.15) is 5.01 Å². The van der Waals surface area contributed by atoms with Crippen molar-refractivity contribution in [3.8, 4) is 0 Å². The predicted octanol–water partition coefficient (Wildman–Crippen LogP) is 2.59. The first-order valence-electron chi connectivity index (χ1n) is 8.68. The largest absolute Gasteiger partial charge is 0.344 e. The fraction of sp³-hybridized carbons (Fsp3) is 0.500. The fourth-order valence-corrected chi connectivity index (χ4v) is 4.09. The number of nitrogens with zero attached hydrogens (tertiary/aromatic N) is 1. The van der Waals surface area contributed by atoms with Crippen molar-refractivity contribution in [2.75, 3.05) is 5.75 Å². The Kier molecular flexibility index (Phi) is 5.50. The summed E-state index contributed by atoms with van der Waals surface area (Å²) in [6.07, 6.45) is 2.96. The molecular formula is C18H22FN3O3S. The van der Waals surface area contributed by atoms with Crippen LogP contribution in [0.1, 0.15) is 38.2 Å². The highest BCUT2D eigenvalue weighted by molar-refractivity contribution is 7.99. The molecule has 1 spiro atoms. The van der Waals surface area contributed by atoms with Crippen LogP contribution < -0.4 is 10.7 Å². The second-order valence-corrected chi connectivity index (χ2v) is 7.98. The molecule has 1 heterocycles. The van der Waals surface area contributed by atoms with Gasteiger partial charge in [-0.3, -0.25) is 15.0 Å². The predicted molar refractivity (Wildman–Crippen MR) is 96.4 cm³/mol. The Morgan fingerprint density at radius 2 is 1.96 bits per heavy atom. The van der Waals surface area contributed by atoms with E-state index in [0.717, 1.165) is 23.4 Å². The third kappa shape index (κ3) is 4.00. The maximum atomic E-state index is 12.9. The van der Waals surface area contributed by atoms with Crippen LogP contribution in [0.4, 0.5) is 9.18 Å². The molecule has 2 aliphatic rings. The van der Waals surface area contributed by atoms with Gasteiger partial charge in [0.25, 0.3) is 5.91 Å². The summed E-state index contributed by atoms with van der Waals surface area (Å²) in [4.78, 5) is 36.9. The molecule has 1 aliphatic heterocycles. The Balaban J connectivity index is 1.50. The van der Waals surface area contributed by atoms with Gasteiger partial charge in [-0.1, -0.05) is 19.1 Å². The minimum atomic E-state index is -0.863. The molecule has 2 N–H and O–H groups in total. The second-order valence-electron chi connectivity index (χ2n) is 6.99. The van der Waals surface area contributed by atoms with Crippen molar-refractivity contribution in [2.45, 2.75) is 43.9 Å². The average Bonchev–Trinajstić information content (AvgIpc) is 2.84. The van der Waals surface area contributed by atoms with Gasteiger partial charge >= 0.3 is 6.03 Å². The van der Waals surface area contributed by atoms with E-state index in [2.05, 4.69) is 17.7 Å². The van der Waals surface area contributed by atoms with Crippen LogP contribution in [0, 0.1) is 11.7 Å². The molecule has 6 nitrogen and oxygen atoms in total. The topological polar surface area (TPSA) is 78.5 Å². The van der Waals surface area contributed by atoms with Gasteiger partial charge in [0.15, 0.2) is 0 Å². The van der Waals surface area contributed by atoms with E-state index in [4.69, 9.17) is 0 Å². The van der Waals surface area contributed by atoms with Gasteiger partial charge in [0, 0.05) is 5.75 Å². The zero-order valence-corrected chi connectivity index (χ0v) is 15.4. The highest BCUT2D eigenvalue weighted by Gasteiger charge is 2.52. The number of hydrogen-bond donors (Lipinski definition) is 2. The Bertz CT molecular complexity index is 702. The summed E-state index contributed by atoms with van der Waals surface area (Å²) in [6.45, 7) is 2.13. The molecule has 0 unspecified atom stereocenters. The van der Waals surface area contributed by atoms with Crippen LogP contribution in [0.2, 0.25) is 0 Å². The summed E-state index contributed by atoms with van der Waals surface area (Å²) in [5.41, 5.74) is 2.44. The first kappa shape index (κ1) is 18.7. The van der Waals surface area contributed by atoms with Crippen LogP contribution in [0.5, 0.6) is 0 Å². The van der Waals surface area contributed by atoms with Crippen molar-refractivity contribution < 1.29 is 18.8 Å². The summed E-state index contributed by atoms with van der Waals surface area (Å²) in [5.74, 6) is 0.0831. The molecule has 26 heavy (non-hydrogen) atoms. The molecule has 1 aromatic carbocycles. The maximum absolute atomic E-state index is 12.9. The summed E-state index contributed by atoms with van der Waals surface area (Å²) in [5, 5.41) is 3.58. The average molecular weight is 379 g/mol. The van der Waals surface area contributed by atoms with Crippen LogP contribution in [-0.4, -0.2) is 34.1 Å². The smallest absolute Gasteiger partial charge is 0.322 e. The van der Waals surface area contributed by atoms with Crippen molar-refractivity contribution in [3.05, 3.63) is 35.6 Å². The molecule has 0 bridgehead atoms. The lowest BCUT2D eigenvalue weighted by molar-refractivity contribution is -0.139. The lowest BCUT2D eigenvalue weighted by Crippen LogP contribution is -2.51. The summed E-state index contributed by atoms with van der Waals surface area (Å²) >= 11 is 1.33. The number of rotatable bonds is 5. The van der Waals surface area contributed by atoms with E-state index in [1.54, 1.807) is 12.1 Å². The molecule has 1 saturated carbocycles. The number of benzene rings is 1. The maximum Gasteiger partial charge on any atom is 0.344 e. The van der Waals surface area contributed by atoms with E-state index in [1.165, 1.54) is 23.9 Å². The SMILES string of the molecule is CC1CCC2(CC1)NC(=O)N(NC(=O)CSCc1ccc(F)cc1)C2=O. The Morgan fingerprint density at radius 3 is 2.62 bits per heavy atom. The Hall–Kier alpha value is -2.09. The normalized spacial score (nSPS) is 25.5. The van der Waals surface area contributed by atoms with Crippen molar-refractivity contribution in [1.29, 1.82) is 0 Å². The molecule has 0 atom stereocenters.